The largest absolute Gasteiger partial charge is 2.00 e. The summed E-state index contributed by atoms with van der Waals surface area (Å²) >= 11 is 0. The van der Waals surface area contributed by atoms with Gasteiger partial charge >= 0.3 is 86.0 Å². The maximum absolute atomic E-state index is 0. The standard InChI is InChI=1S/3ClH.Cs.Mn/h3*1H;;/q;;;+1;+2/p-3. The second-order valence-electron chi connectivity index (χ2n) is 0. The van der Waals surface area contributed by atoms with Crippen molar-refractivity contribution in [2.45, 2.75) is 0 Å². The molecule has 0 saturated carbocycles. The van der Waals surface area contributed by atoms with E-state index in [9.17, 15) is 0 Å². The van der Waals surface area contributed by atoms with Crippen molar-refractivity contribution in [1.29, 1.82) is 0 Å². The molecule has 0 N–H and O–H groups in total. The van der Waals surface area contributed by atoms with E-state index < -0.39 is 0 Å². The van der Waals surface area contributed by atoms with Gasteiger partial charge in [0.05, 0.1) is 0 Å². The zero-order valence-electron chi connectivity index (χ0n) is 2.51. The van der Waals surface area contributed by atoms with Gasteiger partial charge in [-0.3, -0.25) is 0 Å². The Bertz CT molecular complexity index is 6.85. The second-order valence-corrected chi connectivity index (χ2v) is 0. The second kappa shape index (κ2) is 26.1. The molecule has 1 radical (unpaired) electrons. The normalized spacial score (nSPS) is 0. The molecule has 0 atom stereocenters. The van der Waals surface area contributed by atoms with Crippen molar-refractivity contribution in [3.63, 3.8) is 0 Å². The van der Waals surface area contributed by atoms with Crippen LogP contribution in [-0.2, 0) is 17.1 Å². The smallest absolute Gasteiger partial charge is 1.00 e. The van der Waals surface area contributed by atoms with Gasteiger partial charge in [-0.2, -0.15) is 0 Å². The van der Waals surface area contributed by atoms with Crippen LogP contribution in [0.25, 0.3) is 0 Å². The van der Waals surface area contributed by atoms with Crippen LogP contribution in [0, 0.1) is 0 Å². The van der Waals surface area contributed by atoms with Gasteiger partial charge in [0.2, 0.25) is 0 Å². The first-order valence-electron chi connectivity index (χ1n) is 0. The average molecular weight is 294 g/mol. The summed E-state index contributed by atoms with van der Waals surface area (Å²) in [4.78, 5) is 0. The molecule has 0 rings (SSSR count). The Kier molecular flexibility index (Phi) is 206. The summed E-state index contributed by atoms with van der Waals surface area (Å²) in [5.74, 6) is 0. The Morgan fingerprint density at radius 1 is 0.600 bits per heavy atom. The molecule has 0 heterocycles. The molecule has 0 aromatic carbocycles. The van der Waals surface area contributed by atoms with Crippen molar-refractivity contribution in [3.05, 3.63) is 0 Å². The molecule has 5 heteroatoms. The summed E-state index contributed by atoms with van der Waals surface area (Å²) in [5.41, 5.74) is 0. The topological polar surface area (TPSA) is 0 Å². The van der Waals surface area contributed by atoms with E-state index in [1.807, 2.05) is 0 Å². The third-order valence-electron chi connectivity index (χ3n) is 0. The molecule has 0 unspecified atom stereocenters. The number of hydrogen-bond donors (Lipinski definition) is 0. The van der Waals surface area contributed by atoms with Crippen molar-refractivity contribution in [3.8, 4) is 0 Å². The molecular formula is Cl3CsMn. The molecule has 0 bridgehead atoms. The van der Waals surface area contributed by atoms with Crippen LogP contribution in [0.2, 0.25) is 0 Å². The number of halogens is 3. The maximum Gasteiger partial charge on any atom is 2.00 e. The van der Waals surface area contributed by atoms with E-state index >= 15 is 0 Å². The predicted molar refractivity (Wildman–Crippen MR) is 0 cm³/mol. The van der Waals surface area contributed by atoms with Crippen LogP contribution >= 0.6 is 0 Å². The van der Waals surface area contributed by atoms with Crippen LogP contribution in [0.1, 0.15) is 0 Å². The van der Waals surface area contributed by atoms with Crippen LogP contribution in [0.15, 0.2) is 0 Å². The van der Waals surface area contributed by atoms with Gasteiger partial charge in [0.25, 0.3) is 0 Å². The molecule has 5 heavy (non-hydrogen) atoms. The summed E-state index contributed by atoms with van der Waals surface area (Å²) in [7, 11) is 0. The van der Waals surface area contributed by atoms with E-state index in [2.05, 4.69) is 0 Å². The molecule has 0 saturated heterocycles. The van der Waals surface area contributed by atoms with Crippen molar-refractivity contribution in [2.75, 3.05) is 0 Å². The molecule has 0 aromatic heterocycles. The zero-order valence-corrected chi connectivity index (χ0v) is 12.2. The van der Waals surface area contributed by atoms with Crippen LogP contribution in [0.4, 0.5) is 0 Å². The van der Waals surface area contributed by atoms with Gasteiger partial charge in [-0.15, -0.1) is 0 Å². The number of rotatable bonds is 0. The van der Waals surface area contributed by atoms with Crippen molar-refractivity contribution >= 4 is 0 Å². The average Bonchev–Trinajstić information content (AvgIpc) is 0. The fraction of sp³-hybridized carbons (Fsp3) is 0. The quantitative estimate of drug-likeness (QED) is 0.389. The van der Waals surface area contributed by atoms with Gasteiger partial charge in [-0.05, 0) is 0 Å². The first kappa shape index (κ1) is 39.5. The molecule has 0 aliphatic rings. The summed E-state index contributed by atoms with van der Waals surface area (Å²) in [6, 6.07) is 0. The van der Waals surface area contributed by atoms with E-state index in [0.717, 1.165) is 0 Å². The van der Waals surface area contributed by atoms with Crippen LogP contribution in [-0.4, -0.2) is 0 Å². The molecular weight excluding hydrogens is 294 g/mol. The molecule has 29 valence electrons. The van der Waals surface area contributed by atoms with Crippen molar-refractivity contribution in [1.82, 2.24) is 0 Å². The molecule has 0 aliphatic heterocycles. The van der Waals surface area contributed by atoms with Gasteiger partial charge < -0.3 is 37.2 Å². The summed E-state index contributed by atoms with van der Waals surface area (Å²) in [6.45, 7) is 0. The van der Waals surface area contributed by atoms with E-state index in [1.165, 1.54) is 0 Å². The Morgan fingerprint density at radius 2 is 0.600 bits per heavy atom. The zero-order chi connectivity index (χ0) is 0. The van der Waals surface area contributed by atoms with Gasteiger partial charge in [-0.1, -0.05) is 0 Å². The minimum Gasteiger partial charge on any atom is -1.00 e. The maximum atomic E-state index is 0. The summed E-state index contributed by atoms with van der Waals surface area (Å²) in [5, 5.41) is 0. The summed E-state index contributed by atoms with van der Waals surface area (Å²) < 4.78 is 0. The van der Waals surface area contributed by atoms with Gasteiger partial charge in [0.15, 0.2) is 0 Å². The molecule has 0 aromatic rings. The monoisotopic (exact) mass is 293 g/mol. The Hall–Kier alpha value is 3.44. The minimum absolute atomic E-state index is 0. The Balaban J connectivity index is 0. The van der Waals surface area contributed by atoms with Crippen LogP contribution in [0.3, 0.4) is 0 Å². The predicted octanol–water partition coefficient (Wildman–Crippen LogP) is -12.0. The molecule has 0 nitrogen and oxygen atoms in total. The van der Waals surface area contributed by atoms with Crippen molar-refractivity contribution < 1.29 is 123 Å². The van der Waals surface area contributed by atoms with Crippen LogP contribution in [0.5, 0.6) is 0 Å². The summed E-state index contributed by atoms with van der Waals surface area (Å²) in [6.07, 6.45) is 0. The fourth-order valence-electron chi connectivity index (χ4n) is 0. The molecule has 0 spiro atoms. The van der Waals surface area contributed by atoms with E-state index in [1.54, 1.807) is 0 Å². The third kappa shape index (κ3) is 18.6. The van der Waals surface area contributed by atoms with E-state index in [-0.39, 0.29) is 123 Å². The Labute approximate surface area is 120 Å². The van der Waals surface area contributed by atoms with Crippen LogP contribution < -0.4 is 106 Å². The fourth-order valence-corrected chi connectivity index (χ4v) is 0. The van der Waals surface area contributed by atoms with Crippen molar-refractivity contribution in [2.24, 2.45) is 0 Å². The van der Waals surface area contributed by atoms with E-state index in [4.69, 9.17) is 0 Å². The Morgan fingerprint density at radius 3 is 0.600 bits per heavy atom. The van der Waals surface area contributed by atoms with Gasteiger partial charge in [0, 0.05) is 0 Å². The molecule has 0 fully saturated rings. The van der Waals surface area contributed by atoms with Gasteiger partial charge in [0.1, 0.15) is 0 Å². The molecule has 0 amide bonds. The van der Waals surface area contributed by atoms with Gasteiger partial charge in [-0.25, -0.2) is 0 Å². The third-order valence-corrected chi connectivity index (χ3v) is 0. The first-order valence-corrected chi connectivity index (χ1v) is 0. The SMILES string of the molecule is [Cl-].[Cl-].[Cl-].[Cs+].[Mn+2]. The van der Waals surface area contributed by atoms with E-state index in [0.29, 0.717) is 0 Å². The molecule has 0 aliphatic carbocycles. The minimum atomic E-state index is 0. The first-order chi connectivity index (χ1) is 0. The number of hydrogen-bond acceptors (Lipinski definition) is 0.